The maximum Gasteiger partial charge on any atom is 0.166 e. The van der Waals surface area contributed by atoms with E-state index in [1.807, 2.05) is 7.05 Å². The van der Waals surface area contributed by atoms with Crippen LogP contribution in [0.4, 0.5) is 0 Å². The summed E-state index contributed by atoms with van der Waals surface area (Å²) in [7, 11) is 1.81. The lowest BCUT2D eigenvalue weighted by atomic mass is 10.2. The van der Waals surface area contributed by atoms with E-state index in [4.69, 9.17) is 12.2 Å². The number of thiocarbonyl (C=S) groups is 1. The van der Waals surface area contributed by atoms with E-state index in [9.17, 15) is 0 Å². The van der Waals surface area contributed by atoms with Crippen molar-refractivity contribution in [3.8, 4) is 0 Å². The summed E-state index contributed by atoms with van der Waals surface area (Å²) in [6.45, 7) is 3.09. The van der Waals surface area contributed by atoms with Gasteiger partial charge in [0, 0.05) is 20.0 Å². The maximum atomic E-state index is 5.11. The predicted octanol–water partition coefficient (Wildman–Crippen LogP) is 1.16. The molecule has 1 aliphatic heterocycles. The number of fused-ring (bicyclic) bond motifs is 1. The molecule has 0 spiro atoms. The van der Waals surface area contributed by atoms with E-state index in [0.29, 0.717) is 5.11 Å². The molecule has 2 N–H and O–H groups in total. The fraction of sp³-hybridized carbons (Fsp3) is 0.727. The Morgan fingerprint density at radius 1 is 1.35 bits per heavy atom. The topological polar surface area (TPSA) is 54.8 Å². The Morgan fingerprint density at radius 3 is 2.94 bits per heavy atom. The van der Waals surface area contributed by atoms with Crippen LogP contribution in [-0.2, 0) is 13.0 Å². The molecule has 94 valence electrons. The van der Waals surface area contributed by atoms with Crippen LogP contribution in [0.25, 0.3) is 0 Å². The van der Waals surface area contributed by atoms with Gasteiger partial charge >= 0.3 is 0 Å². The lowest BCUT2D eigenvalue weighted by Gasteiger charge is -2.16. The van der Waals surface area contributed by atoms with E-state index in [1.165, 1.54) is 19.3 Å². The normalized spacial score (nSPS) is 16.8. The van der Waals surface area contributed by atoms with Gasteiger partial charge in [-0.3, -0.25) is 0 Å². The van der Waals surface area contributed by atoms with Crippen molar-refractivity contribution in [3.63, 3.8) is 0 Å². The Bertz CT molecular complexity index is 401. The molecule has 1 aliphatic rings. The van der Waals surface area contributed by atoms with E-state index >= 15 is 0 Å². The van der Waals surface area contributed by atoms with Gasteiger partial charge in [-0.1, -0.05) is 6.42 Å². The maximum absolute atomic E-state index is 5.11. The third-order valence-electron chi connectivity index (χ3n) is 3.10. The van der Waals surface area contributed by atoms with Crippen LogP contribution < -0.4 is 10.6 Å². The van der Waals surface area contributed by atoms with Crippen molar-refractivity contribution in [2.75, 3.05) is 7.05 Å². The summed E-state index contributed by atoms with van der Waals surface area (Å²) in [5.41, 5.74) is 0. The average molecular weight is 253 g/mol. The Hall–Kier alpha value is -1.17. The smallest absolute Gasteiger partial charge is 0.166 e. The van der Waals surface area contributed by atoms with Crippen LogP contribution in [0.5, 0.6) is 0 Å². The van der Waals surface area contributed by atoms with Crippen LogP contribution in [0.1, 0.15) is 43.9 Å². The highest BCUT2D eigenvalue weighted by molar-refractivity contribution is 7.80. The standard InChI is InChI=1S/C11H19N5S/c1-8(13-11(17)12-2)10-15-14-9-6-4-3-5-7-16(9)10/h8H,3-7H2,1-2H3,(H2,12,13,17)/t8-/m0/s1. The molecule has 17 heavy (non-hydrogen) atoms. The second kappa shape index (κ2) is 5.44. The van der Waals surface area contributed by atoms with Crippen molar-refractivity contribution in [3.05, 3.63) is 11.6 Å². The highest BCUT2D eigenvalue weighted by Crippen LogP contribution is 2.18. The van der Waals surface area contributed by atoms with E-state index in [2.05, 4.69) is 32.3 Å². The summed E-state index contributed by atoms with van der Waals surface area (Å²) >= 11 is 5.11. The monoisotopic (exact) mass is 253 g/mol. The first kappa shape index (κ1) is 12.3. The van der Waals surface area contributed by atoms with Crippen molar-refractivity contribution in [2.24, 2.45) is 0 Å². The van der Waals surface area contributed by atoms with Crippen molar-refractivity contribution in [1.29, 1.82) is 0 Å². The number of hydrogen-bond donors (Lipinski definition) is 2. The fourth-order valence-electron chi connectivity index (χ4n) is 2.16. The van der Waals surface area contributed by atoms with Crippen LogP contribution in [0.2, 0.25) is 0 Å². The zero-order valence-electron chi connectivity index (χ0n) is 10.4. The Kier molecular flexibility index (Phi) is 3.93. The molecule has 1 atom stereocenters. The summed E-state index contributed by atoms with van der Waals surface area (Å²) < 4.78 is 2.24. The van der Waals surface area contributed by atoms with E-state index < -0.39 is 0 Å². The van der Waals surface area contributed by atoms with Gasteiger partial charge in [0.2, 0.25) is 0 Å². The first-order valence-electron chi connectivity index (χ1n) is 6.12. The minimum atomic E-state index is 0.0919. The van der Waals surface area contributed by atoms with Gasteiger partial charge in [-0.05, 0) is 32.0 Å². The summed E-state index contributed by atoms with van der Waals surface area (Å²) in [6, 6.07) is 0.0919. The van der Waals surface area contributed by atoms with Crippen LogP contribution in [-0.4, -0.2) is 26.9 Å². The van der Waals surface area contributed by atoms with Crippen LogP contribution >= 0.6 is 12.2 Å². The predicted molar refractivity (Wildman–Crippen MR) is 70.8 cm³/mol. The van der Waals surface area contributed by atoms with Crippen molar-refractivity contribution in [1.82, 2.24) is 25.4 Å². The van der Waals surface area contributed by atoms with Gasteiger partial charge in [0.05, 0.1) is 6.04 Å². The molecule has 0 saturated carbocycles. The number of hydrogen-bond acceptors (Lipinski definition) is 3. The molecule has 0 aromatic carbocycles. The molecule has 0 unspecified atom stereocenters. The van der Waals surface area contributed by atoms with Crippen LogP contribution in [0.3, 0.4) is 0 Å². The average Bonchev–Trinajstić information content (AvgIpc) is 2.58. The Labute approximate surface area is 107 Å². The van der Waals surface area contributed by atoms with Crippen molar-refractivity contribution >= 4 is 17.3 Å². The van der Waals surface area contributed by atoms with E-state index in [-0.39, 0.29) is 6.04 Å². The highest BCUT2D eigenvalue weighted by atomic mass is 32.1. The number of nitrogens with one attached hydrogen (secondary N) is 2. The molecule has 0 saturated heterocycles. The summed E-state index contributed by atoms with van der Waals surface area (Å²) in [6.07, 6.45) is 4.74. The number of nitrogens with zero attached hydrogens (tertiary/aromatic N) is 3. The molecule has 1 aromatic heterocycles. The molecule has 0 radical (unpaired) electrons. The largest absolute Gasteiger partial charge is 0.366 e. The van der Waals surface area contributed by atoms with E-state index in [0.717, 1.165) is 24.6 Å². The number of aromatic nitrogens is 3. The molecule has 0 fully saturated rings. The quantitative estimate of drug-likeness (QED) is 0.775. The summed E-state index contributed by atoms with van der Waals surface area (Å²) in [5, 5.41) is 15.3. The second-order valence-electron chi connectivity index (χ2n) is 4.38. The summed E-state index contributed by atoms with van der Waals surface area (Å²) in [5.74, 6) is 2.10. The fourth-order valence-corrected chi connectivity index (χ4v) is 2.34. The number of aryl methyl sites for hydroxylation is 1. The molecule has 0 aliphatic carbocycles. The molecule has 6 heteroatoms. The molecule has 2 heterocycles. The van der Waals surface area contributed by atoms with Crippen molar-refractivity contribution < 1.29 is 0 Å². The minimum absolute atomic E-state index is 0.0919. The van der Waals surface area contributed by atoms with Gasteiger partial charge in [-0.2, -0.15) is 0 Å². The molecule has 1 aromatic rings. The van der Waals surface area contributed by atoms with Gasteiger partial charge in [-0.15, -0.1) is 10.2 Å². The molecule has 5 nitrogen and oxygen atoms in total. The van der Waals surface area contributed by atoms with Gasteiger partial charge in [0.25, 0.3) is 0 Å². The number of rotatable bonds is 2. The molecular formula is C11H19N5S. The first-order chi connectivity index (χ1) is 8.22. The Morgan fingerprint density at radius 2 is 2.18 bits per heavy atom. The highest BCUT2D eigenvalue weighted by Gasteiger charge is 2.19. The molecule has 2 rings (SSSR count). The van der Waals surface area contributed by atoms with Gasteiger partial charge in [0.15, 0.2) is 10.9 Å². The Balaban J connectivity index is 2.15. The van der Waals surface area contributed by atoms with Gasteiger partial charge in [-0.25, -0.2) is 0 Å². The van der Waals surface area contributed by atoms with Crippen LogP contribution in [0, 0.1) is 0 Å². The van der Waals surface area contributed by atoms with Crippen LogP contribution in [0.15, 0.2) is 0 Å². The molecular weight excluding hydrogens is 234 g/mol. The van der Waals surface area contributed by atoms with Crippen molar-refractivity contribution in [2.45, 2.75) is 45.2 Å². The molecule has 0 amide bonds. The first-order valence-corrected chi connectivity index (χ1v) is 6.53. The van der Waals surface area contributed by atoms with Gasteiger partial charge < -0.3 is 15.2 Å². The van der Waals surface area contributed by atoms with E-state index in [1.54, 1.807) is 0 Å². The molecule has 0 bridgehead atoms. The lowest BCUT2D eigenvalue weighted by molar-refractivity contribution is 0.556. The third kappa shape index (κ3) is 2.74. The van der Waals surface area contributed by atoms with Gasteiger partial charge in [0.1, 0.15) is 5.82 Å². The SMILES string of the molecule is CNC(=S)N[C@@H](C)c1nnc2n1CCCCC2. The minimum Gasteiger partial charge on any atom is -0.366 e. The zero-order valence-corrected chi connectivity index (χ0v) is 11.2. The summed E-state index contributed by atoms with van der Waals surface area (Å²) in [4.78, 5) is 0. The lowest BCUT2D eigenvalue weighted by Crippen LogP contribution is -2.35. The third-order valence-corrected chi connectivity index (χ3v) is 3.42. The zero-order chi connectivity index (χ0) is 12.3. The second-order valence-corrected chi connectivity index (χ2v) is 4.79.